The number of hydrogen-bond donors (Lipinski definition) is 2. The molecule has 3 heterocycles. The second kappa shape index (κ2) is 9.45. The summed E-state index contributed by atoms with van der Waals surface area (Å²) in [7, 11) is 0. The molecule has 1 spiro atoms. The Morgan fingerprint density at radius 2 is 1.32 bits per heavy atom. The van der Waals surface area contributed by atoms with Crippen molar-refractivity contribution in [3.05, 3.63) is 155 Å². The van der Waals surface area contributed by atoms with Gasteiger partial charge in [-0.25, -0.2) is 0 Å². The summed E-state index contributed by atoms with van der Waals surface area (Å²) in [6, 6.07) is 41.5. The molecular formula is C40H35N3O. The van der Waals surface area contributed by atoms with Crippen molar-refractivity contribution in [1.82, 2.24) is 4.98 Å². The summed E-state index contributed by atoms with van der Waals surface area (Å²) in [5.41, 5.74) is 10.6. The predicted molar refractivity (Wildman–Crippen MR) is 180 cm³/mol. The molecule has 216 valence electrons. The van der Waals surface area contributed by atoms with Crippen LogP contribution in [0.2, 0.25) is 0 Å². The van der Waals surface area contributed by atoms with Gasteiger partial charge in [-0.05, 0) is 35.7 Å². The van der Waals surface area contributed by atoms with Gasteiger partial charge in [0, 0.05) is 44.4 Å². The molecule has 1 amide bonds. The third-order valence-electron chi connectivity index (χ3n) is 9.50. The van der Waals surface area contributed by atoms with Gasteiger partial charge in [-0.15, -0.1) is 0 Å². The van der Waals surface area contributed by atoms with Gasteiger partial charge in [0.05, 0.1) is 17.2 Å². The number of aryl methyl sites for hydroxylation is 1. The molecule has 0 radical (unpaired) electrons. The van der Waals surface area contributed by atoms with Gasteiger partial charge in [-0.2, -0.15) is 0 Å². The van der Waals surface area contributed by atoms with E-state index >= 15 is 4.79 Å². The average molecular weight is 574 g/mol. The Hall–Kier alpha value is -5.09. The Kier molecular flexibility index (Phi) is 5.70. The minimum atomic E-state index is -1.10. The largest absolute Gasteiger partial charge is 0.363 e. The van der Waals surface area contributed by atoms with Gasteiger partial charge in [0.2, 0.25) is 0 Å². The zero-order valence-corrected chi connectivity index (χ0v) is 25.5. The van der Waals surface area contributed by atoms with E-state index < -0.39 is 5.54 Å². The zero-order chi connectivity index (χ0) is 30.2. The normalized spacial score (nSPS) is 17.1. The topological polar surface area (TPSA) is 48.1 Å². The van der Waals surface area contributed by atoms with Crippen molar-refractivity contribution in [3.63, 3.8) is 0 Å². The molecule has 2 aliphatic heterocycles. The van der Waals surface area contributed by atoms with Crippen molar-refractivity contribution in [2.75, 3.05) is 10.2 Å². The number of hydrogen-bond acceptors (Lipinski definition) is 2. The molecule has 2 aliphatic rings. The van der Waals surface area contributed by atoms with E-state index in [9.17, 15) is 0 Å². The fraction of sp³-hybridized carbons (Fsp3) is 0.175. The van der Waals surface area contributed by atoms with Gasteiger partial charge in [-0.1, -0.05) is 130 Å². The molecule has 8 rings (SSSR count). The lowest BCUT2D eigenvalue weighted by atomic mass is 9.75. The van der Waals surface area contributed by atoms with Gasteiger partial charge >= 0.3 is 0 Å². The van der Waals surface area contributed by atoms with Crippen LogP contribution in [0.15, 0.2) is 121 Å². The van der Waals surface area contributed by atoms with Crippen molar-refractivity contribution in [3.8, 4) is 11.1 Å². The smallest absolute Gasteiger partial charge is 0.263 e. The minimum absolute atomic E-state index is 0.0193. The summed E-state index contributed by atoms with van der Waals surface area (Å²) in [4.78, 5) is 21.4. The standard InChI is InChI=1S/C40H35N3O/c1-25-28-23-24-31-34(35(28)41-37(25)39(2,3)4)29-19-11-13-21-32(29)42-40(31)30-20-12-14-22-33(30)43(38(40)44)36(26-15-7-5-8-16-26)27-17-9-6-10-18-27/h5-24,36,41-42H,1-4H3. The number of H-pyrrole nitrogens is 1. The van der Waals surface area contributed by atoms with Crippen LogP contribution in [0.3, 0.4) is 0 Å². The Labute approximate surface area is 258 Å². The molecule has 0 fully saturated rings. The van der Waals surface area contributed by atoms with E-state index in [1.54, 1.807) is 0 Å². The van der Waals surface area contributed by atoms with E-state index in [1.807, 2.05) is 35.2 Å². The molecule has 4 heteroatoms. The molecule has 6 aromatic rings. The predicted octanol–water partition coefficient (Wildman–Crippen LogP) is 9.25. The number of aromatic nitrogens is 1. The summed E-state index contributed by atoms with van der Waals surface area (Å²) in [5.74, 6) is 0.0193. The van der Waals surface area contributed by atoms with Crippen molar-refractivity contribution in [2.45, 2.75) is 44.7 Å². The van der Waals surface area contributed by atoms with E-state index in [0.717, 1.165) is 50.3 Å². The van der Waals surface area contributed by atoms with Crippen molar-refractivity contribution in [1.29, 1.82) is 0 Å². The first-order valence-electron chi connectivity index (χ1n) is 15.4. The molecule has 4 nitrogen and oxygen atoms in total. The fourth-order valence-corrected chi connectivity index (χ4v) is 7.62. The zero-order valence-electron chi connectivity index (χ0n) is 25.5. The number of carbonyl (C=O) groups excluding carboxylic acids is 1. The Morgan fingerprint density at radius 1 is 0.705 bits per heavy atom. The maximum Gasteiger partial charge on any atom is 0.263 e. The number of fused-ring (bicyclic) bond motifs is 8. The molecule has 5 aromatic carbocycles. The highest BCUT2D eigenvalue weighted by molar-refractivity contribution is 6.17. The molecule has 1 unspecified atom stereocenters. The maximum atomic E-state index is 15.5. The second-order valence-corrected chi connectivity index (χ2v) is 13.1. The number of nitrogens with one attached hydrogen (secondary N) is 2. The van der Waals surface area contributed by atoms with Crippen LogP contribution in [-0.2, 0) is 15.7 Å². The van der Waals surface area contributed by atoms with E-state index in [4.69, 9.17) is 0 Å². The van der Waals surface area contributed by atoms with Crippen LogP contribution in [-0.4, -0.2) is 10.9 Å². The van der Waals surface area contributed by atoms with Crippen molar-refractivity contribution < 1.29 is 4.79 Å². The molecule has 2 N–H and O–H groups in total. The third-order valence-corrected chi connectivity index (χ3v) is 9.50. The molecular weight excluding hydrogens is 538 g/mol. The van der Waals surface area contributed by atoms with Crippen LogP contribution >= 0.6 is 0 Å². The van der Waals surface area contributed by atoms with Crippen LogP contribution in [0.4, 0.5) is 11.4 Å². The monoisotopic (exact) mass is 573 g/mol. The summed E-state index contributed by atoms with van der Waals surface area (Å²) in [6.45, 7) is 8.94. The number of carbonyl (C=O) groups is 1. The van der Waals surface area contributed by atoms with Gasteiger partial charge < -0.3 is 10.3 Å². The highest BCUT2D eigenvalue weighted by Gasteiger charge is 2.57. The Morgan fingerprint density at radius 3 is 2.00 bits per heavy atom. The first-order chi connectivity index (χ1) is 21.3. The molecule has 0 bridgehead atoms. The number of para-hydroxylation sites is 2. The van der Waals surface area contributed by atoms with Gasteiger partial charge in [0.15, 0.2) is 5.54 Å². The Bertz CT molecular complexity index is 2030. The number of amides is 1. The van der Waals surface area contributed by atoms with Crippen molar-refractivity contribution >= 4 is 28.2 Å². The van der Waals surface area contributed by atoms with Crippen LogP contribution < -0.4 is 10.2 Å². The molecule has 0 saturated carbocycles. The average Bonchev–Trinajstić information content (AvgIpc) is 3.51. The van der Waals surface area contributed by atoms with Crippen molar-refractivity contribution in [2.24, 2.45) is 0 Å². The van der Waals surface area contributed by atoms with Crippen LogP contribution in [0.5, 0.6) is 0 Å². The Balaban J connectivity index is 1.44. The first-order valence-corrected chi connectivity index (χ1v) is 15.4. The fourth-order valence-electron chi connectivity index (χ4n) is 7.62. The number of aromatic amines is 1. The molecule has 44 heavy (non-hydrogen) atoms. The molecule has 1 aromatic heterocycles. The van der Waals surface area contributed by atoms with Crippen LogP contribution in [0.25, 0.3) is 22.0 Å². The lowest BCUT2D eigenvalue weighted by Gasteiger charge is -2.39. The lowest BCUT2D eigenvalue weighted by Crippen LogP contribution is -2.49. The van der Waals surface area contributed by atoms with Gasteiger partial charge in [-0.3, -0.25) is 9.69 Å². The SMILES string of the molecule is Cc1c(C(C)(C)C)[nH]c2c3c(ccc12)C1(Nc2ccccc2-3)C(=O)N(C(c2ccccc2)c2ccccc2)c2ccccc21. The second-order valence-electron chi connectivity index (χ2n) is 13.1. The van der Waals surface area contributed by atoms with Crippen LogP contribution in [0.1, 0.15) is 60.3 Å². The van der Waals surface area contributed by atoms with Gasteiger partial charge in [0.25, 0.3) is 5.91 Å². The number of rotatable bonds is 3. The third kappa shape index (κ3) is 3.60. The summed E-state index contributed by atoms with van der Waals surface area (Å²) >= 11 is 0. The molecule has 1 atom stereocenters. The molecule has 0 saturated heterocycles. The van der Waals surface area contributed by atoms with E-state index in [-0.39, 0.29) is 17.4 Å². The maximum absolute atomic E-state index is 15.5. The van der Waals surface area contributed by atoms with Gasteiger partial charge in [0.1, 0.15) is 0 Å². The summed E-state index contributed by atoms with van der Waals surface area (Å²) in [6.07, 6.45) is 0. The van der Waals surface area contributed by atoms with E-state index in [1.165, 1.54) is 16.6 Å². The van der Waals surface area contributed by atoms with E-state index in [0.29, 0.717) is 0 Å². The quantitative estimate of drug-likeness (QED) is 0.222. The minimum Gasteiger partial charge on any atom is -0.363 e. The summed E-state index contributed by atoms with van der Waals surface area (Å²) in [5, 5.41) is 5.03. The van der Waals surface area contributed by atoms with E-state index in [2.05, 4.69) is 129 Å². The first kappa shape index (κ1) is 26.5. The highest BCUT2D eigenvalue weighted by Crippen LogP contribution is 2.57. The van der Waals surface area contributed by atoms with Crippen LogP contribution in [0, 0.1) is 6.92 Å². The number of anilines is 2. The number of nitrogens with zero attached hydrogens (tertiary/aromatic N) is 1. The number of benzene rings is 5. The highest BCUT2D eigenvalue weighted by atomic mass is 16.2. The molecule has 0 aliphatic carbocycles. The summed E-state index contributed by atoms with van der Waals surface area (Å²) < 4.78 is 0. The lowest BCUT2D eigenvalue weighted by molar-refractivity contribution is -0.121.